The minimum absolute atomic E-state index is 0.122. The molecule has 0 N–H and O–H groups in total. The Labute approximate surface area is 76.8 Å². The van der Waals surface area contributed by atoms with Crippen molar-refractivity contribution in [3.05, 3.63) is 23.8 Å². The summed E-state index contributed by atoms with van der Waals surface area (Å²) in [7, 11) is 2.41. The zero-order valence-electron chi connectivity index (χ0n) is 7.87. The summed E-state index contributed by atoms with van der Waals surface area (Å²) in [5, 5.41) is 0. The molecule has 0 aliphatic rings. The predicted octanol–water partition coefficient (Wildman–Crippen LogP) is 0.835. The molecule has 0 aromatic rings. The second-order valence-corrected chi connectivity index (χ2v) is 2.09. The molecular formula is C9H12O4. The molecule has 0 amide bonds. The molecule has 0 radical (unpaired) electrons. The van der Waals surface area contributed by atoms with Gasteiger partial charge in [0.25, 0.3) is 0 Å². The smallest absolute Gasteiger partial charge is 0.345 e. The fourth-order valence-electron chi connectivity index (χ4n) is 0.632. The Bertz CT molecular complexity index is 232. The second kappa shape index (κ2) is 5.99. The third-order valence-corrected chi connectivity index (χ3v) is 1.27. The topological polar surface area (TPSA) is 52.6 Å². The fraction of sp³-hybridized carbons (Fsp3) is 0.333. The van der Waals surface area contributed by atoms with Crippen LogP contribution in [0.2, 0.25) is 0 Å². The summed E-state index contributed by atoms with van der Waals surface area (Å²) in [5.41, 5.74) is -0.122. The van der Waals surface area contributed by atoms with Gasteiger partial charge < -0.3 is 9.47 Å². The Kier molecular flexibility index (Phi) is 5.27. The van der Waals surface area contributed by atoms with Gasteiger partial charge >= 0.3 is 11.9 Å². The number of rotatable bonds is 3. The number of hydrogen-bond acceptors (Lipinski definition) is 4. The van der Waals surface area contributed by atoms with Gasteiger partial charge in [-0.15, -0.1) is 0 Å². The summed E-state index contributed by atoms with van der Waals surface area (Å²) >= 11 is 0. The van der Waals surface area contributed by atoms with E-state index in [9.17, 15) is 9.59 Å². The summed E-state index contributed by atoms with van der Waals surface area (Å²) in [6.45, 7) is 1.77. The monoisotopic (exact) mass is 184 g/mol. The van der Waals surface area contributed by atoms with Crippen molar-refractivity contribution in [3.8, 4) is 0 Å². The first kappa shape index (κ1) is 11.4. The van der Waals surface area contributed by atoms with Gasteiger partial charge in [0.2, 0.25) is 0 Å². The van der Waals surface area contributed by atoms with Gasteiger partial charge in [-0.1, -0.05) is 12.2 Å². The third kappa shape index (κ3) is 3.55. The largest absolute Gasteiger partial charge is 0.465 e. The predicted molar refractivity (Wildman–Crippen MR) is 46.9 cm³/mol. The van der Waals surface area contributed by atoms with E-state index in [1.54, 1.807) is 19.1 Å². The maximum Gasteiger partial charge on any atom is 0.345 e. The Morgan fingerprint density at radius 2 is 1.54 bits per heavy atom. The van der Waals surface area contributed by atoms with Gasteiger partial charge in [0.1, 0.15) is 5.57 Å². The third-order valence-electron chi connectivity index (χ3n) is 1.27. The lowest BCUT2D eigenvalue weighted by Gasteiger charge is -2.01. The second-order valence-electron chi connectivity index (χ2n) is 2.09. The summed E-state index contributed by atoms with van der Waals surface area (Å²) in [4.78, 5) is 22.0. The van der Waals surface area contributed by atoms with Crippen LogP contribution in [0.3, 0.4) is 0 Å². The number of carbonyl (C=O) groups is 2. The van der Waals surface area contributed by atoms with Crippen molar-refractivity contribution in [1.82, 2.24) is 0 Å². The van der Waals surface area contributed by atoms with E-state index >= 15 is 0 Å². The van der Waals surface area contributed by atoms with Crippen molar-refractivity contribution in [2.45, 2.75) is 6.92 Å². The van der Waals surface area contributed by atoms with Gasteiger partial charge in [0, 0.05) is 0 Å². The zero-order valence-corrected chi connectivity index (χ0v) is 7.87. The van der Waals surface area contributed by atoms with E-state index in [1.807, 2.05) is 0 Å². The molecule has 0 aromatic heterocycles. The van der Waals surface area contributed by atoms with Gasteiger partial charge in [0.15, 0.2) is 0 Å². The van der Waals surface area contributed by atoms with Crippen LogP contribution in [0, 0.1) is 0 Å². The van der Waals surface area contributed by atoms with Crippen molar-refractivity contribution >= 4 is 11.9 Å². The molecule has 0 saturated heterocycles. The Balaban J connectivity index is 4.75. The SMILES string of the molecule is C/C=C\C=C(C(=O)OC)C(=O)OC. The van der Waals surface area contributed by atoms with E-state index in [-0.39, 0.29) is 5.57 Å². The van der Waals surface area contributed by atoms with Gasteiger partial charge in [-0.25, -0.2) is 9.59 Å². The molecule has 0 unspecified atom stereocenters. The molecule has 0 fully saturated rings. The molecule has 0 aliphatic carbocycles. The molecule has 4 heteroatoms. The molecule has 0 spiro atoms. The summed E-state index contributed by atoms with van der Waals surface area (Å²) < 4.78 is 8.78. The number of carbonyl (C=O) groups excluding carboxylic acids is 2. The van der Waals surface area contributed by atoms with E-state index < -0.39 is 11.9 Å². The molecule has 0 heterocycles. The highest BCUT2D eigenvalue weighted by Gasteiger charge is 2.18. The maximum atomic E-state index is 11.0. The van der Waals surface area contributed by atoms with E-state index in [0.29, 0.717) is 0 Å². The minimum atomic E-state index is -0.704. The van der Waals surface area contributed by atoms with Crippen LogP contribution in [-0.2, 0) is 19.1 Å². The first-order chi connectivity index (χ1) is 6.17. The number of hydrogen-bond donors (Lipinski definition) is 0. The Hall–Kier alpha value is -1.58. The molecule has 0 atom stereocenters. The van der Waals surface area contributed by atoms with Crippen LogP contribution in [0.1, 0.15) is 6.92 Å². The molecule has 4 nitrogen and oxygen atoms in total. The van der Waals surface area contributed by atoms with E-state index in [0.717, 1.165) is 0 Å². The van der Waals surface area contributed by atoms with E-state index in [4.69, 9.17) is 0 Å². The first-order valence-corrected chi connectivity index (χ1v) is 3.67. The fourth-order valence-corrected chi connectivity index (χ4v) is 0.632. The number of allylic oxidation sites excluding steroid dienone is 3. The normalized spacial score (nSPS) is 9.46. The quantitative estimate of drug-likeness (QED) is 0.214. The van der Waals surface area contributed by atoms with Gasteiger partial charge in [0.05, 0.1) is 14.2 Å². The first-order valence-electron chi connectivity index (χ1n) is 3.67. The standard InChI is InChI=1S/C9H12O4/c1-4-5-6-7(8(10)12-2)9(11)13-3/h4-6H,1-3H3/b5-4-. The minimum Gasteiger partial charge on any atom is -0.465 e. The maximum absolute atomic E-state index is 11.0. The molecule has 0 saturated carbocycles. The van der Waals surface area contributed by atoms with E-state index in [2.05, 4.69) is 9.47 Å². The summed E-state index contributed by atoms with van der Waals surface area (Å²) in [5.74, 6) is -1.41. The summed E-state index contributed by atoms with van der Waals surface area (Å²) in [6, 6.07) is 0. The van der Waals surface area contributed by atoms with Gasteiger partial charge in [-0.2, -0.15) is 0 Å². The van der Waals surface area contributed by atoms with Gasteiger partial charge in [-0.05, 0) is 13.0 Å². The molecular weight excluding hydrogens is 172 g/mol. The molecule has 13 heavy (non-hydrogen) atoms. The van der Waals surface area contributed by atoms with Crippen LogP contribution in [0.5, 0.6) is 0 Å². The molecule has 0 bridgehead atoms. The van der Waals surface area contributed by atoms with Crippen molar-refractivity contribution < 1.29 is 19.1 Å². The van der Waals surface area contributed by atoms with Crippen LogP contribution < -0.4 is 0 Å². The zero-order chi connectivity index (χ0) is 10.3. The number of methoxy groups -OCH3 is 2. The number of esters is 2. The summed E-state index contributed by atoms with van der Waals surface area (Å²) in [6.07, 6.45) is 4.59. The van der Waals surface area contributed by atoms with Crippen molar-refractivity contribution in [1.29, 1.82) is 0 Å². The highest BCUT2D eigenvalue weighted by molar-refractivity contribution is 6.14. The lowest BCUT2D eigenvalue weighted by molar-refractivity contribution is -0.144. The lowest BCUT2D eigenvalue weighted by atomic mass is 10.2. The van der Waals surface area contributed by atoms with Crippen LogP contribution in [0.4, 0.5) is 0 Å². The van der Waals surface area contributed by atoms with Crippen LogP contribution in [0.25, 0.3) is 0 Å². The molecule has 72 valence electrons. The lowest BCUT2D eigenvalue weighted by Crippen LogP contribution is -2.15. The van der Waals surface area contributed by atoms with Crippen LogP contribution in [-0.4, -0.2) is 26.2 Å². The van der Waals surface area contributed by atoms with Gasteiger partial charge in [-0.3, -0.25) is 0 Å². The highest BCUT2D eigenvalue weighted by atomic mass is 16.5. The average Bonchev–Trinajstić information content (AvgIpc) is 2.17. The Morgan fingerprint density at radius 3 is 1.85 bits per heavy atom. The van der Waals surface area contributed by atoms with Crippen molar-refractivity contribution in [2.24, 2.45) is 0 Å². The molecule has 0 aromatic carbocycles. The molecule has 0 aliphatic heterocycles. The molecule has 0 rings (SSSR count). The van der Waals surface area contributed by atoms with Crippen LogP contribution in [0.15, 0.2) is 23.8 Å². The van der Waals surface area contributed by atoms with Crippen LogP contribution >= 0.6 is 0 Å². The number of ether oxygens (including phenoxy) is 2. The van der Waals surface area contributed by atoms with Crippen molar-refractivity contribution in [3.63, 3.8) is 0 Å². The van der Waals surface area contributed by atoms with Crippen molar-refractivity contribution in [2.75, 3.05) is 14.2 Å². The van der Waals surface area contributed by atoms with E-state index in [1.165, 1.54) is 20.3 Å². The highest BCUT2D eigenvalue weighted by Crippen LogP contribution is 2.00. The Morgan fingerprint density at radius 1 is 1.08 bits per heavy atom. The average molecular weight is 184 g/mol.